The van der Waals surface area contributed by atoms with Crippen LogP contribution in [0.25, 0.3) is 0 Å². The highest BCUT2D eigenvalue weighted by atomic mass is 32.2. The second kappa shape index (κ2) is 5.18. The van der Waals surface area contributed by atoms with Gasteiger partial charge in [0.25, 0.3) is 0 Å². The van der Waals surface area contributed by atoms with Crippen molar-refractivity contribution < 1.29 is 13.2 Å². The summed E-state index contributed by atoms with van der Waals surface area (Å²) in [5.41, 5.74) is 5.97. The largest absolute Gasteiger partial charge is 0.398 e. The molecule has 1 fully saturated rings. The highest BCUT2D eigenvalue weighted by molar-refractivity contribution is 7.89. The molecule has 2 rings (SSSR count). The summed E-state index contributed by atoms with van der Waals surface area (Å²) in [6.07, 6.45) is 0. The first-order valence-electron chi connectivity index (χ1n) is 6.03. The number of para-hydroxylation sites is 1. The molecule has 0 aromatic heterocycles. The third-order valence-corrected chi connectivity index (χ3v) is 5.19. The molecule has 1 amide bonds. The summed E-state index contributed by atoms with van der Waals surface area (Å²) in [4.78, 5) is 13.0. The molecule has 1 aromatic carbocycles. The van der Waals surface area contributed by atoms with Crippen LogP contribution >= 0.6 is 0 Å². The van der Waals surface area contributed by atoms with E-state index in [-0.39, 0.29) is 16.5 Å². The van der Waals surface area contributed by atoms with Crippen LogP contribution in [0.5, 0.6) is 0 Å². The van der Waals surface area contributed by atoms with Crippen molar-refractivity contribution in [2.75, 3.05) is 31.9 Å². The van der Waals surface area contributed by atoms with Crippen LogP contribution in [-0.4, -0.2) is 49.7 Å². The summed E-state index contributed by atoms with van der Waals surface area (Å²) in [6, 6.07) is 6.41. The zero-order chi connectivity index (χ0) is 14.0. The zero-order valence-corrected chi connectivity index (χ0v) is 11.6. The van der Waals surface area contributed by atoms with Crippen molar-refractivity contribution in [2.45, 2.75) is 11.8 Å². The molecule has 1 heterocycles. The Hall–Kier alpha value is -1.60. The summed E-state index contributed by atoms with van der Waals surface area (Å²) >= 11 is 0. The minimum absolute atomic E-state index is 0.0312. The monoisotopic (exact) mass is 283 g/mol. The predicted molar refractivity (Wildman–Crippen MR) is 71.9 cm³/mol. The smallest absolute Gasteiger partial charge is 0.245 e. The van der Waals surface area contributed by atoms with E-state index in [2.05, 4.69) is 0 Å². The van der Waals surface area contributed by atoms with Gasteiger partial charge in [0, 0.05) is 33.1 Å². The molecule has 2 N–H and O–H groups in total. The number of nitrogen functional groups attached to an aromatic ring is 1. The molecule has 1 aliphatic heterocycles. The Morgan fingerprint density at radius 2 is 1.74 bits per heavy atom. The molecule has 1 saturated heterocycles. The Kier molecular flexibility index (Phi) is 3.77. The van der Waals surface area contributed by atoms with Crippen LogP contribution in [0, 0.1) is 0 Å². The van der Waals surface area contributed by atoms with Crippen molar-refractivity contribution in [3.05, 3.63) is 24.3 Å². The maximum Gasteiger partial charge on any atom is 0.245 e. The van der Waals surface area contributed by atoms with E-state index >= 15 is 0 Å². The fourth-order valence-corrected chi connectivity index (χ4v) is 3.64. The summed E-state index contributed by atoms with van der Waals surface area (Å²) in [5, 5.41) is 0. The van der Waals surface area contributed by atoms with Gasteiger partial charge in [-0.1, -0.05) is 12.1 Å². The predicted octanol–water partition coefficient (Wildman–Crippen LogP) is 0.122. The van der Waals surface area contributed by atoms with Gasteiger partial charge in [-0.25, -0.2) is 8.42 Å². The quantitative estimate of drug-likeness (QED) is 0.782. The van der Waals surface area contributed by atoms with E-state index in [0.717, 1.165) is 0 Å². The Bertz CT molecular complexity index is 578. The van der Waals surface area contributed by atoms with Gasteiger partial charge in [-0.2, -0.15) is 4.31 Å². The van der Waals surface area contributed by atoms with Crippen molar-refractivity contribution in [2.24, 2.45) is 0 Å². The van der Waals surface area contributed by atoms with E-state index in [0.29, 0.717) is 26.2 Å². The van der Waals surface area contributed by atoms with Crippen LogP contribution < -0.4 is 5.73 Å². The lowest BCUT2D eigenvalue weighted by Gasteiger charge is -2.33. The number of sulfonamides is 1. The topological polar surface area (TPSA) is 83.7 Å². The molecule has 0 saturated carbocycles. The number of rotatable bonds is 2. The van der Waals surface area contributed by atoms with E-state index in [4.69, 9.17) is 5.73 Å². The molecule has 7 heteroatoms. The molecule has 104 valence electrons. The fourth-order valence-electron chi connectivity index (χ4n) is 2.10. The normalized spacial score (nSPS) is 17.4. The third kappa shape index (κ3) is 2.71. The number of hydrogen-bond acceptors (Lipinski definition) is 4. The van der Waals surface area contributed by atoms with Gasteiger partial charge in [0.1, 0.15) is 4.90 Å². The van der Waals surface area contributed by atoms with E-state index in [1.165, 1.54) is 17.3 Å². The van der Waals surface area contributed by atoms with Gasteiger partial charge >= 0.3 is 0 Å². The Morgan fingerprint density at radius 3 is 2.26 bits per heavy atom. The van der Waals surface area contributed by atoms with Gasteiger partial charge in [-0.3, -0.25) is 4.79 Å². The maximum absolute atomic E-state index is 12.4. The lowest BCUT2D eigenvalue weighted by Crippen LogP contribution is -2.50. The number of anilines is 1. The number of benzene rings is 1. The Morgan fingerprint density at radius 1 is 1.16 bits per heavy atom. The molecule has 1 aromatic rings. The molecule has 0 bridgehead atoms. The third-order valence-electron chi connectivity index (χ3n) is 3.22. The molecule has 1 aliphatic rings. The van der Waals surface area contributed by atoms with Crippen molar-refractivity contribution in [1.29, 1.82) is 0 Å². The first-order valence-corrected chi connectivity index (χ1v) is 7.47. The van der Waals surface area contributed by atoms with Crippen molar-refractivity contribution in [1.82, 2.24) is 9.21 Å². The molecule has 6 nitrogen and oxygen atoms in total. The molecular formula is C12H17N3O3S. The van der Waals surface area contributed by atoms with E-state index in [1.807, 2.05) is 0 Å². The molecule has 0 atom stereocenters. The van der Waals surface area contributed by atoms with Gasteiger partial charge in [0.15, 0.2) is 0 Å². The van der Waals surface area contributed by atoms with E-state index in [9.17, 15) is 13.2 Å². The summed E-state index contributed by atoms with van der Waals surface area (Å²) < 4.78 is 26.2. The first-order chi connectivity index (χ1) is 8.93. The average Bonchev–Trinajstić information content (AvgIpc) is 2.39. The first kappa shape index (κ1) is 13.8. The molecular weight excluding hydrogens is 266 g/mol. The minimum atomic E-state index is -3.57. The highest BCUT2D eigenvalue weighted by Crippen LogP contribution is 2.22. The highest BCUT2D eigenvalue weighted by Gasteiger charge is 2.30. The number of carbonyl (C=O) groups excluding carboxylic acids is 1. The second-order valence-corrected chi connectivity index (χ2v) is 6.35. The SMILES string of the molecule is CC(=O)N1CCN(S(=O)(=O)c2ccccc2N)CC1. The van der Waals surface area contributed by atoms with Crippen molar-refractivity contribution >= 4 is 21.6 Å². The standard InChI is InChI=1S/C12H17N3O3S/c1-10(16)14-6-8-15(9-7-14)19(17,18)12-5-3-2-4-11(12)13/h2-5H,6-9,13H2,1H3. The second-order valence-electron chi connectivity index (χ2n) is 4.45. The van der Waals surface area contributed by atoms with Gasteiger partial charge in [0.2, 0.25) is 15.9 Å². The van der Waals surface area contributed by atoms with Crippen LogP contribution in [0.1, 0.15) is 6.92 Å². The molecule has 0 spiro atoms. The number of piperazine rings is 1. The van der Waals surface area contributed by atoms with Gasteiger partial charge < -0.3 is 10.6 Å². The zero-order valence-electron chi connectivity index (χ0n) is 10.7. The minimum Gasteiger partial charge on any atom is -0.398 e. The molecule has 19 heavy (non-hydrogen) atoms. The number of hydrogen-bond donors (Lipinski definition) is 1. The van der Waals surface area contributed by atoms with Crippen LogP contribution in [0.3, 0.4) is 0 Å². The van der Waals surface area contributed by atoms with E-state index < -0.39 is 10.0 Å². The maximum atomic E-state index is 12.4. The molecule has 0 unspecified atom stereocenters. The Labute approximate surface area is 112 Å². The lowest BCUT2D eigenvalue weighted by molar-refractivity contribution is -0.129. The average molecular weight is 283 g/mol. The molecule has 0 aliphatic carbocycles. The van der Waals surface area contributed by atoms with E-state index in [1.54, 1.807) is 23.1 Å². The van der Waals surface area contributed by atoms with Gasteiger partial charge in [-0.15, -0.1) is 0 Å². The van der Waals surface area contributed by atoms with Crippen molar-refractivity contribution in [3.63, 3.8) is 0 Å². The number of carbonyl (C=O) groups is 1. The Balaban J connectivity index is 2.19. The molecule has 0 radical (unpaired) electrons. The van der Waals surface area contributed by atoms with Gasteiger partial charge in [-0.05, 0) is 12.1 Å². The van der Waals surface area contributed by atoms with Crippen molar-refractivity contribution in [3.8, 4) is 0 Å². The fraction of sp³-hybridized carbons (Fsp3) is 0.417. The summed E-state index contributed by atoms with van der Waals surface area (Å²) in [5.74, 6) is -0.0312. The van der Waals surface area contributed by atoms with Crippen LogP contribution in [-0.2, 0) is 14.8 Å². The number of amides is 1. The lowest BCUT2D eigenvalue weighted by atomic mass is 10.3. The summed E-state index contributed by atoms with van der Waals surface area (Å²) in [6.45, 7) is 2.93. The summed E-state index contributed by atoms with van der Waals surface area (Å²) in [7, 11) is -3.57. The van der Waals surface area contributed by atoms with Crippen LogP contribution in [0.2, 0.25) is 0 Å². The number of nitrogens with zero attached hydrogens (tertiary/aromatic N) is 2. The van der Waals surface area contributed by atoms with Gasteiger partial charge in [0.05, 0.1) is 5.69 Å². The van der Waals surface area contributed by atoms with Crippen LogP contribution in [0.15, 0.2) is 29.2 Å². The number of nitrogens with two attached hydrogens (primary N) is 1. The van der Waals surface area contributed by atoms with Crippen LogP contribution in [0.4, 0.5) is 5.69 Å².